The van der Waals surface area contributed by atoms with Crippen LogP contribution in [0.2, 0.25) is 0 Å². The minimum atomic E-state index is -4.35. The third-order valence-electron chi connectivity index (χ3n) is 2.75. The quantitative estimate of drug-likeness (QED) is 0.773. The maximum atomic E-state index is 12.8. The van der Waals surface area contributed by atoms with E-state index < -0.39 is 11.7 Å². The first-order chi connectivity index (χ1) is 8.30. The summed E-state index contributed by atoms with van der Waals surface area (Å²) in [5, 5.41) is 0. The smallest absolute Gasteiger partial charge is 0.337 e. The van der Waals surface area contributed by atoms with Gasteiger partial charge in [0, 0.05) is 17.6 Å². The van der Waals surface area contributed by atoms with Crippen LogP contribution in [0.5, 0.6) is 0 Å². The van der Waals surface area contributed by atoms with Gasteiger partial charge in [-0.3, -0.25) is 4.57 Å². The molecule has 0 saturated carbocycles. The highest BCUT2D eigenvalue weighted by molar-refractivity contribution is 7.71. The minimum absolute atomic E-state index is 0.200. The molecule has 0 fully saturated rings. The van der Waals surface area contributed by atoms with Crippen LogP contribution in [-0.2, 0) is 6.18 Å². The first kappa shape index (κ1) is 12.9. The number of aromatic amines is 1. The predicted octanol–water partition coefficient (Wildman–Crippen LogP) is 4.17. The van der Waals surface area contributed by atoms with E-state index >= 15 is 0 Å². The summed E-state index contributed by atoms with van der Waals surface area (Å²) in [5.41, 5.74) is 0.738. The SMILES string of the molecule is Cc1ccc(-n2c(C)c[nH]c2=S)cc1C(F)(F)F. The van der Waals surface area contributed by atoms with Gasteiger partial charge in [0.15, 0.2) is 4.77 Å². The van der Waals surface area contributed by atoms with Gasteiger partial charge in [0.25, 0.3) is 0 Å². The Morgan fingerprint density at radius 2 is 1.89 bits per heavy atom. The van der Waals surface area contributed by atoms with Gasteiger partial charge in [0.05, 0.1) is 5.56 Å². The molecule has 0 aliphatic rings. The van der Waals surface area contributed by atoms with E-state index in [1.54, 1.807) is 23.8 Å². The topological polar surface area (TPSA) is 20.7 Å². The molecule has 2 rings (SSSR count). The maximum absolute atomic E-state index is 12.8. The molecule has 0 spiro atoms. The second-order valence-electron chi connectivity index (χ2n) is 4.07. The van der Waals surface area contributed by atoms with Gasteiger partial charge in [0.2, 0.25) is 0 Å². The molecule has 0 aliphatic heterocycles. The molecular weight excluding hydrogens is 261 g/mol. The Bertz CT molecular complexity index is 638. The van der Waals surface area contributed by atoms with Gasteiger partial charge in [-0.1, -0.05) is 6.07 Å². The van der Waals surface area contributed by atoms with Crippen molar-refractivity contribution in [2.75, 3.05) is 0 Å². The average Bonchev–Trinajstić information content (AvgIpc) is 2.58. The van der Waals surface area contributed by atoms with Crippen molar-refractivity contribution in [3.63, 3.8) is 0 Å². The van der Waals surface area contributed by atoms with Crippen molar-refractivity contribution >= 4 is 12.2 Å². The van der Waals surface area contributed by atoms with E-state index in [1.165, 1.54) is 13.0 Å². The Labute approximate surface area is 107 Å². The second kappa shape index (κ2) is 4.28. The molecule has 96 valence electrons. The monoisotopic (exact) mass is 272 g/mol. The van der Waals surface area contributed by atoms with Crippen LogP contribution in [0.1, 0.15) is 16.8 Å². The van der Waals surface area contributed by atoms with Crippen molar-refractivity contribution in [1.29, 1.82) is 0 Å². The molecule has 0 atom stereocenters. The standard InChI is InChI=1S/C12H11F3N2S/c1-7-3-4-9(5-10(7)12(13,14)15)17-8(2)6-16-11(17)18/h3-6H,1-2H3,(H,16,18). The third kappa shape index (κ3) is 2.20. The zero-order chi connectivity index (χ0) is 13.5. The van der Waals surface area contributed by atoms with E-state index in [0.29, 0.717) is 10.5 Å². The molecule has 6 heteroatoms. The summed E-state index contributed by atoms with van der Waals surface area (Å²) in [5.74, 6) is 0. The highest BCUT2D eigenvalue weighted by Crippen LogP contribution is 2.33. The fourth-order valence-corrected chi connectivity index (χ4v) is 2.14. The zero-order valence-corrected chi connectivity index (χ0v) is 10.6. The summed E-state index contributed by atoms with van der Waals surface area (Å²) in [6.07, 6.45) is -2.69. The van der Waals surface area contributed by atoms with Crippen LogP contribution in [0, 0.1) is 18.6 Å². The number of hydrogen-bond acceptors (Lipinski definition) is 1. The lowest BCUT2D eigenvalue weighted by atomic mass is 10.1. The van der Waals surface area contributed by atoms with Gasteiger partial charge in [-0.05, 0) is 43.8 Å². The van der Waals surface area contributed by atoms with Gasteiger partial charge in [0.1, 0.15) is 0 Å². The molecule has 0 aliphatic carbocycles. The van der Waals surface area contributed by atoms with Crippen LogP contribution < -0.4 is 0 Å². The zero-order valence-electron chi connectivity index (χ0n) is 9.80. The Kier molecular flexibility index (Phi) is 3.06. The van der Waals surface area contributed by atoms with Crippen LogP contribution in [0.4, 0.5) is 13.2 Å². The number of nitrogens with one attached hydrogen (secondary N) is 1. The molecule has 0 amide bonds. The van der Waals surface area contributed by atoms with Gasteiger partial charge < -0.3 is 4.98 Å². The molecule has 18 heavy (non-hydrogen) atoms. The minimum Gasteiger partial charge on any atom is -0.337 e. The molecule has 2 nitrogen and oxygen atoms in total. The lowest BCUT2D eigenvalue weighted by Gasteiger charge is -2.13. The maximum Gasteiger partial charge on any atom is 0.416 e. The molecule has 1 heterocycles. The normalized spacial score (nSPS) is 11.8. The molecule has 0 radical (unpaired) electrons. The third-order valence-corrected chi connectivity index (χ3v) is 3.05. The largest absolute Gasteiger partial charge is 0.416 e. The first-order valence-corrected chi connectivity index (χ1v) is 5.67. The summed E-state index contributed by atoms with van der Waals surface area (Å²) in [7, 11) is 0. The van der Waals surface area contributed by atoms with Crippen LogP contribution in [0.3, 0.4) is 0 Å². The van der Waals surface area contributed by atoms with Gasteiger partial charge in [-0.25, -0.2) is 0 Å². The summed E-state index contributed by atoms with van der Waals surface area (Å²) in [6, 6.07) is 4.19. The fraction of sp³-hybridized carbons (Fsp3) is 0.250. The van der Waals surface area contributed by atoms with Gasteiger partial charge >= 0.3 is 6.18 Å². The molecule has 0 bridgehead atoms. The lowest BCUT2D eigenvalue weighted by molar-refractivity contribution is -0.138. The molecule has 2 aromatic rings. The van der Waals surface area contributed by atoms with E-state index in [2.05, 4.69) is 4.98 Å². The van der Waals surface area contributed by atoms with Crippen molar-refractivity contribution in [2.24, 2.45) is 0 Å². The van der Waals surface area contributed by atoms with E-state index in [-0.39, 0.29) is 5.56 Å². The molecule has 0 saturated heterocycles. The summed E-state index contributed by atoms with van der Waals surface area (Å²) in [4.78, 5) is 2.80. The molecule has 1 aromatic heterocycles. The molecule has 1 N–H and O–H groups in total. The van der Waals surface area contributed by atoms with Crippen molar-refractivity contribution in [3.05, 3.63) is 46.0 Å². The highest BCUT2D eigenvalue weighted by Gasteiger charge is 2.32. The van der Waals surface area contributed by atoms with Crippen molar-refractivity contribution in [1.82, 2.24) is 9.55 Å². The van der Waals surface area contributed by atoms with Gasteiger partial charge in [-0.2, -0.15) is 13.2 Å². The Morgan fingerprint density at radius 3 is 2.39 bits per heavy atom. The van der Waals surface area contributed by atoms with E-state index in [9.17, 15) is 13.2 Å². The van der Waals surface area contributed by atoms with Crippen LogP contribution in [-0.4, -0.2) is 9.55 Å². The van der Waals surface area contributed by atoms with Crippen LogP contribution >= 0.6 is 12.2 Å². The summed E-state index contributed by atoms with van der Waals surface area (Å²) < 4.78 is 40.4. The van der Waals surface area contributed by atoms with Crippen molar-refractivity contribution in [2.45, 2.75) is 20.0 Å². The van der Waals surface area contributed by atoms with Crippen molar-refractivity contribution in [3.8, 4) is 5.69 Å². The Hall–Kier alpha value is -1.56. The predicted molar refractivity (Wildman–Crippen MR) is 65.4 cm³/mol. The number of hydrogen-bond donors (Lipinski definition) is 1. The van der Waals surface area contributed by atoms with E-state index in [4.69, 9.17) is 12.2 Å². The molecular formula is C12H11F3N2S. The Morgan fingerprint density at radius 1 is 1.22 bits per heavy atom. The number of alkyl halides is 3. The summed E-state index contributed by atoms with van der Waals surface area (Å²) in [6.45, 7) is 3.22. The number of aromatic nitrogens is 2. The first-order valence-electron chi connectivity index (χ1n) is 5.26. The van der Waals surface area contributed by atoms with Crippen LogP contribution in [0.25, 0.3) is 5.69 Å². The number of rotatable bonds is 1. The Balaban J connectivity index is 2.65. The number of aryl methyl sites for hydroxylation is 2. The number of halogens is 3. The van der Waals surface area contributed by atoms with Crippen molar-refractivity contribution < 1.29 is 13.2 Å². The number of H-pyrrole nitrogens is 1. The van der Waals surface area contributed by atoms with E-state index in [1.807, 2.05) is 0 Å². The highest BCUT2D eigenvalue weighted by atomic mass is 32.1. The molecule has 0 unspecified atom stereocenters. The van der Waals surface area contributed by atoms with Gasteiger partial charge in [-0.15, -0.1) is 0 Å². The average molecular weight is 272 g/mol. The summed E-state index contributed by atoms with van der Waals surface area (Å²) >= 11 is 5.05. The number of benzene rings is 1. The van der Waals surface area contributed by atoms with Crippen LogP contribution in [0.15, 0.2) is 24.4 Å². The lowest BCUT2D eigenvalue weighted by Crippen LogP contribution is -2.09. The fourth-order valence-electron chi connectivity index (χ4n) is 1.83. The molecule has 1 aromatic carbocycles. The second-order valence-corrected chi connectivity index (χ2v) is 4.45. The number of imidazole rings is 1. The van der Waals surface area contributed by atoms with E-state index in [0.717, 1.165) is 11.8 Å². The number of nitrogens with zero attached hydrogens (tertiary/aromatic N) is 1.